The first-order chi connectivity index (χ1) is 13.8. The van der Waals surface area contributed by atoms with E-state index >= 15 is 0 Å². The number of ether oxygens (including phenoxy) is 2. The van der Waals surface area contributed by atoms with Crippen molar-refractivity contribution in [1.29, 1.82) is 0 Å². The molecule has 0 fully saturated rings. The van der Waals surface area contributed by atoms with Gasteiger partial charge in [0.15, 0.2) is 23.0 Å². The van der Waals surface area contributed by atoms with Gasteiger partial charge in [-0.05, 0) is 30.3 Å². The Bertz CT molecular complexity index is 1400. The van der Waals surface area contributed by atoms with Crippen molar-refractivity contribution >= 4 is 40.6 Å². The summed E-state index contributed by atoms with van der Waals surface area (Å²) in [6.07, 6.45) is 3.71. The van der Waals surface area contributed by atoms with Crippen LogP contribution in [0.4, 0.5) is 17.1 Å². The van der Waals surface area contributed by atoms with Crippen LogP contribution < -0.4 is 24.9 Å². The number of nitrogens with zero attached hydrogens (tertiary/aromatic N) is 1. The van der Waals surface area contributed by atoms with Crippen molar-refractivity contribution in [2.75, 3.05) is 4.90 Å². The molecule has 3 heterocycles. The number of anilines is 3. The second kappa shape index (κ2) is 5.30. The first-order valence-electron chi connectivity index (χ1n) is 9.10. The van der Waals surface area contributed by atoms with Gasteiger partial charge in [-0.15, -0.1) is 0 Å². The number of rotatable bonds is 1. The van der Waals surface area contributed by atoms with Gasteiger partial charge in [-0.3, -0.25) is 4.90 Å². The number of nitrogens with one attached hydrogen (secondary N) is 1. The Hall–Kier alpha value is -3.92. The van der Waals surface area contributed by atoms with Gasteiger partial charge in [-0.2, -0.15) is 0 Å². The van der Waals surface area contributed by atoms with Crippen molar-refractivity contribution < 1.29 is 9.47 Å². The number of para-hydroxylation sites is 4. The summed E-state index contributed by atoms with van der Waals surface area (Å²) < 4.78 is 12.7. The zero-order valence-electron chi connectivity index (χ0n) is 15.0. The lowest BCUT2D eigenvalue weighted by molar-refractivity contribution is 0.449. The molecule has 6 rings (SSSR count). The van der Waals surface area contributed by atoms with Gasteiger partial charge in [0, 0.05) is 16.0 Å². The van der Waals surface area contributed by atoms with E-state index in [0.29, 0.717) is 0 Å². The van der Waals surface area contributed by atoms with Crippen LogP contribution in [0.3, 0.4) is 0 Å². The SMILES string of the molecule is C=C/C=c1\c(=C)[nH]c2c3c4c(cc12)Oc1ccccc1N4c1ccccc1O3. The highest BCUT2D eigenvalue weighted by molar-refractivity contribution is 6.03. The van der Waals surface area contributed by atoms with Gasteiger partial charge in [-0.25, -0.2) is 0 Å². The molecular formula is C24H16N2O2. The van der Waals surface area contributed by atoms with Crippen molar-refractivity contribution in [1.82, 2.24) is 4.98 Å². The number of aromatic amines is 1. The molecular weight excluding hydrogens is 348 g/mol. The second-order valence-corrected chi connectivity index (χ2v) is 6.87. The third-order valence-corrected chi connectivity index (χ3v) is 5.26. The lowest BCUT2D eigenvalue weighted by Crippen LogP contribution is -2.21. The van der Waals surface area contributed by atoms with Gasteiger partial charge in [0.1, 0.15) is 5.69 Å². The predicted octanol–water partition coefficient (Wildman–Crippen LogP) is 5.23. The van der Waals surface area contributed by atoms with Gasteiger partial charge < -0.3 is 14.5 Å². The Labute approximate surface area is 161 Å². The maximum atomic E-state index is 6.38. The van der Waals surface area contributed by atoms with E-state index in [0.717, 1.165) is 61.5 Å². The normalized spacial score (nSPS) is 14.0. The van der Waals surface area contributed by atoms with Crippen LogP contribution in [0.25, 0.3) is 23.6 Å². The van der Waals surface area contributed by atoms with Crippen molar-refractivity contribution in [3.63, 3.8) is 0 Å². The second-order valence-electron chi connectivity index (χ2n) is 6.87. The van der Waals surface area contributed by atoms with Crippen LogP contribution >= 0.6 is 0 Å². The fraction of sp³-hybridized carbons (Fsp3) is 0. The van der Waals surface area contributed by atoms with E-state index < -0.39 is 0 Å². The molecule has 0 radical (unpaired) electrons. The summed E-state index contributed by atoms with van der Waals surface area (Å²) in [4.78, 5) is 5.60. The van der Waals surface area contributed by atoms with Crippen LogP contribution in [0.1, 0.15) is 0 Å². The summed E-state index contributed by atoms with van der Waals surface area (Å²) in [5.41, 5.74) is 3.78. The number of fused-ring (bicyclic) bond motifs is 6. The summed E-state index contributed by atoms with van der Waals surface area (Å²) in [7, 11) is 0. The van der Waals surface area contributed by atoms with E-state index in [-0.39, 0.29) is 0 Å². The van der Waals surface area contributed by atoms with Crippen LogP contribution in [-0.4, -0.2) is 4.98 Å². The van der Waals surface area contributed by atoms with E-state index in [1.165, 1.54) is 0 Å². The van der Waals surface area contributed by atoms with Crippen LogP contribution in [0.15, 0.2) is 67.3 Å². The molecule has 0 saturated carbocycles. The fourth-order valence-electron chi connectivity index (χ4n) is 4.09. The highest BCUT2D eigenvalue weighted by Crippen LogP contribution is 2.60. The third-order valence-electron chi connectivity index (χ3n) is 5.26. The number of hydrogen-bond acceptors (Lipinski definition) is 3. The summed E-state index contributed by atoms with van der Waals surface area (Å²) in [5, 5.41) is 2.80. The van der Waals surface area contributed by atoms with E-state index in [1.54, 1.807) is 6.08 Å². The largest absolute Gasteiger partial charge is 0.453 e. The average molecular weight is 364 g/mol. The number of hydrogen-bond donors (Lipinski definition) is 1. The van der Waals surface area contributed by atoms with Gasteiger partial charge in [0.05, 0.1) is 16.9 Å². The Morgan fingerprint density at radius 2 is 1.57 bits per heavy atom. The van der Waals surface area contributed by atoms with E-state index in [9.17, 15) is 0 Å². The molecule has 0 bridgehead atoms. The predicted molar refractivity (Wildman–Crippen MR) is 113 cm³/mol. The molecule has 0 amide bonds. The Balaban J connectivity index is 1.79. The lowest BCUT2D eigenvalue weighted by atomic mass is 10.1. The molecule has 0 unspecified atom stereocenters. The van der Waals surface area contributed by atoms with E-state index in [1.807, 2.05) is 42.5 Å². The first-order valence-corrected chi connectivity index (χ1v) is 9.10. The molecule has 4 heteroatoms. The molecule has 2 aliphatic heterocycles. The minimum Gasteiger partial charge on any atom is -0.453 e. The molecule has 28 heavy (non-hydrogen) atoms. The molecule has 4 nitrogen and oxygen atoms in total. The average Bonchev–Trinajstić information content (AvgIpc) is 3.03. The molecule has 1 aromatic heterocycles. The topological polar surface area (TPSA) is 37.5 Å². The van der Waals surface area contributed by atoms with E-state index in [2.05, 4.69) is 41.2 Å². The summed E-state index contributed by atoms with van der Waals surface area (Å²) in [6.45, 7) is 7.98. The molecule has 0 aliphatic carbocycles. The zero-order valence-corrected chi connectivity index (χ0v) is 15.0. The zero-order chi connectivity index (χ0) is 18.8. The summed E-state index contributed by atoms with van der Waals surface area (Å²) >= 11 is 0. The molecule has 2 aliphatic rings. The van der Waals surface area contributed by atoms with Crippen molar-refractivity contribution in [3.05, 3.63) is 77.8 Å². The smallest absolute Gasteiger partial charge is 0.179 e. The number of H-pyrrole nitrogens is 1. The summed E-state index contributed by atoms with van der Waals surface area (Å²) in [5.74, 6) is 3.12. The van der Waals surface area contributed by atoms with Crippen LogP contribution in [-0.2, 0) is 0 Å². The maximum absolute atomic E-state index is 6.38. The molecule has 0 saturated heterocycles. The molecule has 4 aromatic rings. The molecule has 0 spiro atoms. The fourth-order valence-corrected chi connectivity index (χ4v) is 4.09. The monoisotopic (exact) mass is 364 g/mol. The van der Waals surface area contributed by atoms with Gasteiger partial charge >= 0.3 is 0 Å². The van der Waals surface area contributed by atoms with Crippen molar-refractivity contribution in [2.45, 2.75) is 0 Å². The molecule has 1 N–H and O–H groups in total. The number of aromatic nitrogens is 1. The highest BCUT2D eigenvalue weighted by atomic mass is 16.5. The number of allylic oxidation sites excluding steroid dienone is 1. The van der Waals surface area contributed by atoms with Gasteiger partial charge in [-0.1, -0.05) is 49.6 Å². The van der Waals surface area contributed by atoms with Crippen molar-refractivity contribution in [3.8, 4) is 23.0 Å². The molecule has 134 valence electrons. The number of benzene rings is 3. The quantitative estimate of drug-likeness (QED) is 0.434. The van der Waals surface area contributed by atoms with Gasteiger partial charge in [0.25, 0.3) is 0 Å². The third kappa shape index (κ3) is 1.84. The minimum atomic E-state index is 0.745. The molecule has 0 atom stereocenters. The lowest BCUT2D eigenvalue weighted by Gasteiger charge is -2.37. The minimum absolute atomic E-state index is 0.745. The summed E-state index contributed by atoms with van der Waals surface area (Å²) in [6, 6.07) is 18.1. The standard InChI is InChI=1S/C24H16N2O2/c1-3-8-15-14(2)25-22-16(15)13-21-23-24(22)28-20-12-7-5-10-18(20)26(23)17-9-4-6-11-19(17)27-21/h3-13,25H,1-2H2/b15-8+. The Morgan fingerprint density at radius 1 is 0.893 bits per heavy atom. The van der Waals surface area contributed by atoms with Gasteiger partial charge in [0.2, 0.25) is 0 Å². The first kappa shape index (κ1) is 15.2. The Morgan fingerprint density at radius 3 is 2.29 bits per heavy atom. The van der Waals surface area contributed by atoms with Crippen molar-refractivity contribution in [2.24, 2.45) is 0 Å². The highest BCUT2D eigenvalue weighted by Gasteiger charge is 2.36. The van der Waals surface area contributed by atoms with Crippen LogP contribution in [0, 0.1) is 0 Å². The molecule has 3 aromatic carbocycles. The Kier molecular flexibility index (Phi) is 2.87. The van der Waals surface area contributed by atoms with Crippen LogP contribution in [0.2, 0.25) is 0 Å². The van der Waals surface area contributed by atoms with E-state index in [4.69, 9.17) is 9.47 Å². The van der Waals surface area contributed by atoms with Crippen LogP contribution in [0.5, 0.6) is 23.0 Å². The maximum Gasteiger partial charge on any atom is 0.179 e.